The minimum Gasteiger partial charge on any atom is -0.493 e. The van der Waals surface area contributed by atoms with Crippen LogP contribution in [0.15, 0.2) is 70.1 Å². The number of carbonyl (C=O) groups is 1. The fourth-order valence-electron chi connectivity index (χ4n) is 3.26. The molecular formula is C24H22N2O5. The highest BCUT2D eigenvalue weighted by molar-refractivity contribution is 5.97. The zero-order chi connectivity index (χ0) is 21.8. The van der Waals surface area contributed by atoms with Gasteiger partial charge >= 0.3 is 5.97 Å². The number of nitrogens with zero attached hydrogens (tertiary/aromatic N) is 2. The SMILES string of the molecule is CCCOc1ccc2c(=O)c(-c3cnn(-c4ccccc4)c3)c(C(=O)OCC)oc2c1. The van der Waals surface area contributed by atoms with Gasteiger partial charge < -0.3 is 13.9 Å². The van der Waals surface area contributed by atoms with Crippen molar-refractivity contribution in [3.63, 3.8) is 0 Å². The lowest BCUT2D eigenvalue weighted by Crippen LogP contribution is -2.15. The summed E-state index contributed by atoms with van der Waals surface area (Å²) in [5.41, 5.74) is 1.35. The first-order valence-corrected chi connectivity index (χ1v) is 10.1. The predicted molar refractivity (Wildman–Crippen MR) is 117 cm³/mol. The van der Waals surface area contributed by atoms with Gasteiger partial charge in [0.15, 0.2) is 0 Å². The molecule has 7 heteroatoms. The average molecular weight is 418 g/mol. The zero-order valence-electron chi connectivity index (χ0n) is 17.3. The minimum atomic E-state index is -0.705. The molecule has 158 valence electrons. The Kier molecular flexibility index (Phi) is 5.84. The molecule has 2 aromatic heterocycles. The van der Waals surface area contributed by atoms with Gasteiger partial charge in [0.2, 0.25) is 11.2 Å². The zero-order valence-corrected chi connectivity index (χ0v) is 17.3. The molecule has 0 aliphatic heterocycles. The minimum absolute atomic E-state index is 0.121. The second kappa shape index (κ2) is 8.87. The third kappa shape index (κ3) is 4.07. The third-order valence-corrected chi connectivity index (χ3v) is 4.69. The molecule has 0 aliphatic rings. The number of fused-ring (bicyclic) bond motifs is 1. The van der Waals surface area contributed by atoms with Crippen LogP contribution in [-0.4, -0.2) is 29.0 Å². The largest absolute Gasteiger partial charge is 0.493 e. The van der Waals surface area contributed by atoms with Crippen molar-refractivity contribution in [2.24, 2.45) is 0 Å². The number of rotatable bonds is 7. The summed E-state index contributed by atoms with van der Waals surface area (Å²) in [5.74, 6) is -0.291. The van der Waals surface area contributed by atoms with E-state index < -0.39 is 5.97 Å². The van der Waals surface area contributed by atoms with Gasteiger partial charge in [-0.3, -0.25) is 4.79 Å². The first-order chi connectivity index (χ1) is 15.1. The highest BCUT2D eigenvalue weighted by Gasteiger charge is 2.24. The molecule has 4 rings (SSSR count). The van der Waals surface area contributed by atoms with Crippen LogP contribution in [0.3, 0.4) is 0 Å². The summed E-state index contributed by atoms with van der Waals surface area (Å²) in [4.78, 5) is 26.0. The molecule has 2 aromatic carbocycles. The molecule has 0 atom stereocenters. The molecule has 0 saturated carbocycles. The van der Waals surface area contributed by atoms with Gasteiger partial charge in [0.05, 0.1) is 36.0 Å². The molecule has 0 saturated heterocycles. The Morgan fingerprint density at radius 3 is 2.68 bits per heavy atom. The maximum atomic E-state index is 13.4. The Hall–Kier alpha value is -3.87. The lowest BCUT2D eigenvalue weighted by Gasteiger charge is -2.10. The molecule has 31 heavy (non-hydrogen) atoms. The topological polar surface area (TPSA) is 83.6 Å². The highest BCUT2D eigenvalue weighted by Crippen LogP contribution is 2.28. The van der Waals surface area contributed by atoms with Crippen molar-refractivity contribution in [1.82, 2.24) is 9.78 Å². The van der Waals surface area contributed by atoms with Gasteiger partial charge in [-0.05, 0) is 37.6 Å². The summed E-state index contributed by atoms with van der Waals surface area (Å²) in [6.45, 7) is 4.39. The van der Waals surface area contributed by atoms with Crippen LogP contribution >= 0.6 is 0 Å². The number of carbonyl (C=O) groups excluding carboxylic acids is 1. The van der Waals surface area contributed by atoms with Crippen LogP contribution in [-0.2, 0) is 4.74 Å². The van der Waals surface area contributed by atoms with Gasteiger partial charge in [-0.2, -0.15) is 5.10 Å². The number of aromatic nitrogens is 2. The Balaban J connectivity index is 1.88. The van der Waals surface area contributed by atoms with Crippen molar-refractivity contribution in [3.8, 4) is 22.6 Å². The van der Waals surface area contributed by atoms with Crippen LogP contribution in [0.1, 0.15) is 30.8 Å². The molecule has 0 radical (unpaired) electrons. The Morgan fingerprint density at radius 1 is 1.13 bits per heavy atom. The molecule has 0 amide bonds. The number of hydrogen-bond acceptors (Lipinski definition) is 6. The van der Waals surface area contributed by atoms with Gasteiger partial charge in [-0.1, -0.05) is 25.1 Å². The van der Waals surface area contributed by atoms with Gasteiger partial charge in [-0.15, -0.1) is 0 Å². The highest BCUT2D eigenvalue weighted by atomic mass is 16.5. The molecular weight excluding hydrogens is 396 g/mol. The first-order valence-electron chi connectivity index (χ1n) is 10.1. The Bertz CT molecular complexity index is 1270. The van der Waals surface area contributed by atoms with E-state index in [9.17, 15) is 9.59 Å². The van der Waals surface area contributed by atoms with Crippen LogP contribution < -0.4 is 10.2 Å². The van der Waals surface area contributed by atoms with Crippen LogP contribution in [0.25, 0.3) is 27.8 Å². The maximum absolute atomic E-state index is 13.4. The van der Waals surface area contributed by atoms with E-state index >= 15 is 0 Å². The van der Waals surface area contributed by atoms with Crippen molar-refractivity contribution in [1.29, 1.82) is 0 Å². The van der Waals surface area contributed by atoms with Crippen LogP contribution in [0, 0.1) is 0 Å². The molecule has 7 nitrogen and oxygen atoms in total. The Labute approximate surface area is 178 Å². The lowest BCUT2D eigenvalue weighted by atomic mass is 10.0. The summed E-state index contributed by atoms with van der Waals surface area (Å²) in [6, 6.07) is 14.5. The Morgan fingerprint density at radius 2 is 1.94 bits per heavy atom. The second-order valence-electron chi connectivity index (χ2n) is 6.87. The molecule has 0 unspecified atom stereocenters. The molecule has 0 bridgehead atoms. The summed E-state index contributed by atoms with van der Waals surface area (Å²) in [7, 11) is 0. The molecule has 0 aliphatic carbocycles. The van der Waals surface area contributed by atoms with E-state index in [1.807, 2.05) is 37.3 Å². The standard InChI is InChI=1S/C24H22N2O5/c1-3-12-30-18-10-11-19-20(13-18)31-23(24(28)29-4-2)21(22(19)27)16-14-25-26(15-16)17-8-6-5-7-9-17/h5-11,13-15H,3-4,12H2,1-2H3. The van der Waals surface area contributed by atoms with E-state index in [0.717, 1.165) is 12.1 Å². The van der Waals surface area contributed by atoms with Gasteiger partial charge in [0, 0.05) is 17.8 Å². The van der Waals surface area contributed by atoms with Crippen molar-refractivity contribution < 1.29 is 18.7 Å². The van der Waals surface area contributed by atoms with Crippen LogP contribution in [0.4, 0.5) is 0 Å². The van der Waals surface area contributed by atoms with E-state index in [-0.39, 0.29) is 28.9 Å². The van der Waals surface area contributed by atoms with E-state index in [2.05, 4.69) is 5.10 Å². The third-order valence-electron chi connectivity index (χ3n) is 4.69. The summed E-state index contributed by atoms with van der Waals surface area (Å²) >= 11 is 0. The fraction of sp³-hybridized carbons (Fsp3) is 0.208. The van der Waals surface area contributed by atoms with Crippen molar-refractivity contribution in [3.05, 3.63) is 76.9 Å². The van der Waals surface area contributed by atoms with Crippen molar-refractivity contribution in [2.75, 3.05) is 13.2 Å². The number of para-hydroxylation sites is 1. The smallest absolute Gasteiger partial charge is 0.375 e. The van der Waals surface area contributed by atoms with Crippen LogP contribution in [0.2, 0.25) is 0 Å². The number of esters is 1. The molecule has 0 spiro atoms. The summed E-state index contributed by atoms with van der Waals surface area (Å²) in [6.07, 6.45) is 4.07. The number of ether oxygens (including phenoxy) is 2. The average Bonchev–Trinajstić information content (AvgIpc) is 3.28. The van der Waals surface area contributed by atoms with Gasteiger partial charge in [0.1, 0.15) is 11.3 Å². The summed E-state index contributed by atoms with van der Waals surface area (Å²) in [5, 5.41) is 4.69. The molecule has 4 aromatic rings. The quantitative estimate of drug-likeness (QED) is 0.408. The van der Waals surface area contributed by atoms with Crippen molar-refractivity contribution >= 4 is 16.9 Å². The molecule has 2 heterocycles. The molecule has 0 fully saturated rings. The van der Waals surface area contributed by atoms with E-state index in [0.29, 0.717) is 23.3 Å². The monoisotopic (exact) mass is 418 g/mol. The predicted octanol–water partition coefficient (Wildman–Crippen LogP) is 4.61. The normalized spacial score (nSPS) is 10.9. The molecule has 0 N–H and O–H groups in total. The maximum Gasteiger partial charge on any atom is 0.375 e. The lowest BCUT2D eigenvalue weighted by molar-refractivity contribution is 0.0492. The number of benzene rings is 2. The van der Waals surface area contributed by atoms with Gasteiger partial charge in [0.25, 0.3) is 0 Å². The van der Waals surface area contributed by atoms with E-state index in [1.165, 1.54) is 6.20 Å². The van der Waals surface area contributed by atoms with Crippen LogP contribution in [0.5, 0.6) is 5.75 Å². The number of hydrogen-bond donors (Lipinski definition) is 0. The van der Waals surface area contributed by atoms with Gasteiger partial charge in [-0.25, -0.2) is 9.48 Å². The van der Waals surface area contributed by atoms with E-state index in [4.69, 9.17) is 13.9 Å². The van der Waals surface area contributed by atoms with Crippen molar-refractivity contribution in [2.45, 2.75) is 20.3 Å². The second-order valence-corrected chi connectivity index (χ2v) is 6.87. The van der Waals surface area contributed by atoms with E-state index in [1.54, 1.807) is 36.0 Å². The first kappa shape index (κ1) is 20.4. The fourth-order valence-corrected chi connectivity index (χ4v) is 3.26. The summed E-state index contributed by atoms with van der Waals surface area (Å²) < 4.78 is 18.3.